The number of carbonyl (C=O) groups is 2. The minimum atomic E-state index is -4.45. The molecule has 10 heteroatoms. The molecule has 0 fully saturated rings. The molecule has 0 saturated carbocycles. The average molecular weight is 382 g/mol. The molecule has 2 amide bonds. The van der Waals surface area contributed by atoms with E-state index in [0.717, 1.165) is 12.1 Å². The van der Waals surface area contributed by atoms with Gasteiger partial charge in [-0.2, -0.15) is 18.2 Å². The SMILES string of the molecule is COc1cc(C(=O)NNC(=O)C(C)c2ccc(C(F)(F)F)cc2)nc(C)n1. The molecule has 0 saturated heterocycles. The van der Waals surface area contributed by atoms with Crippen molar-refractivity contribution in [2.75, 3.05) is 7.11 Å². The Labute approximate surface area is 152 Å². The third kappa shape index (κ3) is 5.16. The van der Waals surface area contributed by atoms with Crippen LogP contribution < -0.4 is 15.6 Å². The van der Waals surface area contributed by atoms with Gasteiger partial charge in [0.15, 0.2) is 0 Å². The van der Waals surface area contributed by atoms with E-state index in [0.29, 0.717) is 11.4 Å². The number of benzene rings is 1. The summed E-state index contributed by atoms with van der Waals surface area (Å²) in [6, 6.07) is 5.52. The molecule has 1 unspecified atom stereocenters. The number of nitrogens with zero attached hydrogens (tertiary/aromatic N) is 2. The minimum absolute atomic E-state index is 0.0122. The summed E-state index contributed by atoms with van der Waals surface area (Å²) in [7, 11) is 1.39. The van der Waals surface area contributed by atoms with E-state index in [1.54, 1.807) is 6.92 Å². The number of ether oxygens (including phenoxy) is 1. The molecule has 2 rings (SSSR count). The quantitative estimate of drug-likeness (QED) is 0.792. The molecule has 0 radical (unpaired) electrons. The summed E-state index contributed by atoms with van der Waals surface area (Å²) in [5.74, 6) is -1.57. The van der Waals surface area contributed by atoms with Gasteiger partial charge in [-0.05, 0) is 31.5 Å². The van der Waals surface area contributed by atoms with Crippen molar-refractivity contribution in [1.82, 2.24) is 20.8 Å². The third-order valence-corrected chi connectivity index (χ3v) is 3.69. The van der Waals surface area contributed by atoms with Crippen LogP contribution in [0.3, 0.4) is 0 Å². The highest BCUT2D eigenvalue weighted by Gasteiger charge is 2.30. The van der Waals surface area contributed by atoms with E-state index in [4.69, 9.17) is 4.74 Å². The number of methoxy groups -OCH3 is 1. The van der Waals surface area contributed by atoms with E-state index in [-0.39, 0.29) is 11.6 Å². The number of aryl methyl sites for hydroxylation is 1. The smallest absolute Gasteiger partial charge is 0.416 e. The molecule has 0 bridgehead atoms. The number of rotatable bonds is 4. The second-order valence-electron chi connectivity index (χ2n) is 5.63. The summed E-state index contributed by atoms with van der Waals surface area (Å²) in [4.78, 5) is 32.1. The van der Waals surface area contributed by atoms with Gasteiger partial charge in [-0.3, -0.25) is 20.4 Å². The number of halogens is 3. The molecule has 0 aliphatic heterocycles. The first kappa shape index (κ1) is 20.1. The Balaban J connectivity index is 2.00. The van der Waals surface area contributed by atoms with Crippen LogP contribution in [0.15, 0.2) is 30.3 Å². The molecule has 1 heterocycles. The number of nitrogens with one attached hydrogen (secondary N) is 2. The number of alkyl halides is 3. The number of hydrogen-bond donors (Lipinski definition) is 2. The summed E-state index contributed by atoms with van der Waals surface area (Å²) in [6.07, 6.45) is -4.45. The molecular formula is C17H17F3N4O3. The van der Waals surface area contributed by atoms with E-state index in [1.165, 1.54) is 32.2 Å². The van der Waals surface area contributed by atoms with Crippen molar-refractivity contribution in [2.24, 2.45) is 0 Å². The first-order chi connectivity index (χ1) is 12.6. The van der Waals surface area contributed by atoms with Gasteiger partial charge < -0.3 is 4.74 Å². The average Bonchev–Trinajstić information content (AvgIpc) is 2.64. The number of carbonyl (C=O) groups excluding carboxylic acids is 2. The molecule has 0 aliphatic rings. The van der Waals surface area contributed by atoms with Crippen LogP contribution in [0.2, 0.25) is 0 Å². The largest absolute Gasteiger partial charge is 0.481 e. The van der Waals surface area contributed by atoms with Crippen molar-refractivity contribution in [3.63, 3.8) is 0 Å². The Hall–Kier alpha value is -3.17. The Kier molecular flexibility index (Phi) is 5.98. The highest BCUT2D eigenvalue weighted by molar-refractivity contribution is 5.94. The first-order valence-electron chi connectivity index (χ1n) is 7.79. The normalized spacial score (nSPS) is 12.2. The van der Waals surface area contributed by atoms with Gasteiger partial charge in [0, 0.05) is 6.07 Å². The molecule has 0 spiro atoms. The van der Waals surface area contributed by atoms with Crippen LogP contribution in [0.5, 0.6) is 5.88 Å². The van der Waals surface area contributed by atoms with Crippen LogP contribution in [0.4, 0.5) is 13.2 Å². The first-order valence-corrected chi connectivity index (χ1v) is 7.79. The molecule has 1 aromatic heterocycles. The Morgan fingerprint density at radius 3 is 2.30 bits per heavy atom. The maximum absolute atomic E-state index is 12.6. The van der Waals surface area contributed by atoms with Crippen LogP contribution in [0, 0.1) is 6.92 Å². The molecule has 2 aromatic rings. The fraction of sp³-hybridized carbons (Fsp3) is 0.294. The standard InChI is InChI=1S/C17H17F3N4O3/c1-9(11-4-6-12(7-5-11)17(18,19)20)15(25)23-24-16(26)13-8-14(27-3)22-10(2)21-13/h4-9H,1-3H3,(H,23,25)(H,24,26). The van der Waals surface area contributed by atoms with Gasteiger partial charge in [-0.15, -0.1) is 0 Å². The van der Waals surface area contributed by atoms with Gasteiger partial charge in [0.1, 0.15) is 11.5 Å². The van der Waals surface area contributed by atoms with Crippen LogP contribution in [0.1, 0.15) is 40.3 Å². The van der Waals surface area contributed by atoms with E-state index >= 15 is 0 Å². The maximum Gasteiger partial charge on any atom is 0.416 e. The second-order valence-corrected chi connectivity index (χ2v) is 5.63. The Bertz CT molecular complexity index is 838. The molecule has 1 atom stereocenters. The third-order valence-electron chi connectivity index (χ3n) is 3.69. The molecule has 7 nitrogen and oxygen atoms in total. The van der Waals surface area contributed by atoms with Crippen molar-refractivity contribution >= 4 is 11.8 Å². The monoisotopic (exact) mass is 382 g/mol. The zero-order valence-corrected chi connectivity index (χ0v) is 14.7. The lowest BCUT2D eigenvalue weighted by molar-refractivity contribution is -0.137. The Morgan fingerprint density at radius 1 is 1.11 bits per heavy atom. The summed E-state index contributed by atoms with van der Waals surface area (Å²) in [5.41, 5.74) is 3.97. The zero-order chi connectivity index (χ0) is 20.2. The van der Waals surface area contributed by atoms with Crippen molar-refractivity contribution < 1.29 is 27.5 Å². The molecule has 27 heavy (non-hydrogen) atoms. The number of aromatic nitrogens is 2. The van der Waals surface area contributed by atoms with Gasteiger partial charge in [-0.25, -0.2) is 4.98 Å². The second kappa shape index (κ2) is 8.02. The lowest BCUT2D eigenvalue weighted by atomic mass is 9.99. The van der Waals surface area contributed by atoms with Crippen LogP contribution in [0.25, 0.3) is 0 Å². The maximum atomic E-state index is 12.6. The fourth-order valence-electron chi connectivity index (χ4n) is 2.16. The van der Waals surface area contributed by atoms with Crippen molar-refractivity contribution in [1.29, 1.82) is 0 Å². The fourth-order valence-corrected chi connectivity index (χ4v) is 2.16. The zero-order valence-electron chi connectivity index (χ0n) is 14.7. The van der Waals surface area contributed by atoms with Gasteiger partial charge in [0.05, 0.1) is 18.6 Å². The van der Waals surface area contributed by atoms with E-state index in [1.807, 2.05) is 0 Å². The summed E-state index contributed by atoms with van der Waals surface area (Å²) < 4.78 is 42.7. The number of hydrazine groups is 1. The lowest BCUT2D eigenvalue weighted by Gasteiger charge is -2.14. The molecule has 1 aromatic carbocycles. The van der Waals surface area contributed by atoms with E-state index < -0.39 is 29.5 Å². The topological polar surface area (TPSA) is 93.2 Å². The van der Waals surface area contributed by atoms with Crippen molar-refractivity contribution in [3.05, 3.63) is 53.0 Å². The number of amides is 2. The Morgan fingerprint density at radius 2 is 1.74 bits per heavy atom. The minimum Gasteiger partial charge on any atom is -0.481 e. The highest BCUT2D eigenvalue weighted by Crippen LogP contribution is 2.30. The van der Waals surface area contributed by atoms with Gasteiger partial charge >= 0.3 is 6.18 Å². The van der Waals surface area contributed by atoms with E-state index in [2.05, 4.69) is 20.8 Å². The van der Waals surface area contributed by atoms with Crippen LogP contribution >= 0.6 is 0 Å². The van der Waals surface area contributed by atoms with Gasteiger partial charge in [0.25, 0.3) is 5.91 Å². The lowest BCUT2D eigenvalue weighted by Crippen LogP contribution is -2.43. The highest BCUT2D eigenvalue weighted by atomic mass is 19.4. The van der Waals surface area contributed by atoms with E-state index in [9.17, 15) is 22.8 Å². The predicted molar refractivity (Wildman–Crippen MR) is 88.8 cm³/mol. The molecular weight excluding hydrogens is 365 g/mol. The summed E-state index contributed by atoms with van der Waals surface area (Å²) in [6.45, 7) is 3.08. The molecule has 144 valence electrons. The van der Waals surface area contributed by atoms with Crippen LogP contribution in [-0.4, -0.2) is 28.9 Å². The van der Waals surface area contributed by atoms with Crippen molar-refractivity contribution in [2.45, 2.75) is 25.9 Å². The molecule has 2 N–H and O–H groups in total. The summed E-state index contributed by atoms with van der Waals surface area (Å²) in [5, 5.41) is 0. The molecule has 0 aliphatic carbocycles. The van der Waals surface area contributed by atoms with Crippen molar-refractivity contribution in [3.8, 4) is 5.88 Å². The number of hydrogen-bond acceptors (Lipinski definition) is 5. The van der Waals surface area contributed by atoms with Gasteiger partial charge in [-0.1, -0.05) is 12.1 Å². The van der Waals surface area contributed by atoms with Gasteiger partial charge in [0.2, 0.25) is 11.8 Å². The van der Waals surface area contributed by atoms with Crippen LogP contribution in [-0.2, 0) is 11.0 Å². The summed E-state index contributed by atoms with van der Waals surface area (Å²) >= 11 is 0. The predicted octanol–water partition coefficient (Wildman–Crippen LogP) is 2.38.